The Hall–Kier alpha value is -1.84. The Balaban J connectivity index is 1.93. The Bertz CT molecular complexity index is 428. The number of carbonyl (C=O) groups is 1. The van der Waals surface area contributed by atoms with Crippen LogP contribution in [-0.4, -0.2) is 22.9 Å². The fourth-order valence-corrected chi connectivity index (χ4v) is 1.93. The lowest BCUT2D eigenvalue weighted by Gasteiger charge is -2.10. The number of aliphatic carboxylic acids is 1. The van der Waals surface area contributed by atoms with Crippen LogP contribution in [-0.2, 0) is 9.63 Å². The second-order valence-electron chi connectivity index (χ2n) is 4.31. The Kier molecular flexibility index (Phi) is 3.42. The lowest BCUT2D eigenvalue weighted by molar-refractivity contribution is -0.148. The summed E-state index contributed by atoms with van der Waals surface area (Å²) in [4.78, 5) is 15.6. The number of oxime groups is 1. The van der Waals surface area contributed by atoms with Crippen molar-refractivity contribution in [1.29, 1.82) is 0 Å². The van der Waals surface area contributed by atoms with Crippen molar-refractivity contribution in [1.82, 2.24) is 0 Å². The number of benzene rings is 1. The number of carboxylic acids is 1. The molecule has 0 amide bonds. The molecule has 1 N–H and O–H groups in total. The van der Waals surface area contributed by atoms with Gasteiger partial charge in [0, 0.05) is 6.42 Å². The van der Waals surface area contributed by atoms with Gasteiger partial charge in [-0.05, 0) is 17.9 Å². The monoisotopic (exact) mass is 233 g/mol. The third-order valence-electron chi connectivity index (χ3n) is 2.92. The minimum atomic E-state index is -0.948. The first-order chi connectivity index (χ1) is 8.16. The molecule has 1 aliphatic rings. The largest absolute Gasteiger partial charge is 0.478 e. The van der Waals surface area contributed by atoms with Gasteiger partial charge in [-0.25, -0.2) is 4.79 Å². The average molecular weight is 233 g/mol. The van der Waals surface area contributed by atoms with Gasteiger partial charge in [-0.1, -0.05) is 42.4 Å². The molecule has 0 aliphatic carbocycles. The van der Waals surface area contributed by atoms with Gasteiger partial charge >= 0.3 is 5.97 Å². The van der Waals surface area contributed by atoms with Gasteiger partial charge in [0.2, 0.25) is 6.10 Å². The molecule has 1 aromatic carbocycles. The van der Waals surface area contributed by atoms with Crippen LogP contribution in [0.1, 0.15) is 31.2 Å². The molecule has 0 bridgehead atoms. The number of hydrogen-bond donors (Lipinski definition) is 1. The van der Waals surface area contributed by atoms with Gasteiger partial charge in [-0.3, -0.25) is 0 Å². The van der Waals surface area contributed by atoms with Crippen LogP contribution in [0.2, 0.25) is 0 Å². The van der Waals surface area contributed by atoms with Gasteiger partial charge in [0.05, 0.1) is 5.71 Å². The highest BCUT2D eigenvalue weighted by Gasteiger charge is 2.28. The summed E-state index contributed by atoms with van der Waals surface area (Å²) < 4.78 is 0. The Morgan fingerprint density at radius 1 is 1.53 bits per heavy atom. The fraction of sp³-hybridized carbons (Fsp3) is 0.385. The third-order valence-corrected chi connectivity index (χ3v) is 2.92. The van der Waals surface area contributed by atoms with Crippen LogP contribution in [0.15, 0.2) is 35.5 Å². The molecule has 4 nitrogen and oxygen atoms in total. The van der Waals surface area contributed by atoms with Crippen molar-refractivity contribution < 1.29 is 14.7 Å². The summed E-state index contributed by atoms with van der Waals surface area (Å²) in [7, 11) is 0. The molecular formula is C13H15NO3. The minimum absolute atomic E-state index is 0.325. The van der Waals surface area contributed by atoms with Gasteiger partial charge in [-0.2, -0.15) is 0 Å². The van der Waals surface area contributed by atoms with Gasteiger partial charge in [0.1, 0.15) is 0 Å². The molecule has 0 radical (unpaired) electrons. The van der Waals surface area contributed by atoms with Crippen molar-refractivity contribution in [3.8, 4) is 0 Å². The summed E-state index contributed by atoms with van der Waals surface area (Å²) in [6.07, 6.45) is 0.341. The molecular weight excluding hydrogens is 218 g/mol. The molecule has 1 aromatic rings. The van der Waals surface area contributed by atoms with E-state index < -0.39 is 12.1 Å². The van der Waals surface area contributed by atoms with Crippen LogP contribution < -0.4 is 0 Å². The molecule has 90 valence electrons. The Morgan fingerprint density at radius 3 is 2.82 bits per heavy atom. The first-order valence-electron chi connectivity index (χ1n) is 5.66. The van der Waals surface area contributed by atoms with E-state index in [1.807, 2.05) is 18.2 Å². The van der Waals surface area contributed by atoms with Crippen LogP contribution in [0, 0.1) is 0 Å². The van der Waals surface area contributed by atoms with Crippen LogP contribution in [0.4, 0.5) is 0 Å². The van der Waals surface area contributed by atoms with Crippen molar-refractivity contribution in [2.75, 3.05) is 0 Å². The van der Waals surface area contributed by atoms with Crippen molar-refractivity contribution in [3.05, 3.63) is 35.9 Å². The maximum atomic E-state index is 10.7. The van der Waals surface area contributed by atoms with Crippen LogP contribution >= 0.6 is 0 Å². The van der Waals surface area contributed by atoms with Crippen molar-refractivity contribution in [2.24, 2.45) is 5.16 Å². The van der Waals surface area contributed by atoms with E-state index in [0.717, 1.165) is 12.1 Å². The van der Waals surface area contributed by atoms with E-state index in [1.165, 1.54) is 5.56 Å². The maximum Gasteiger partial charge on any atom is 0.348 e. The standard InChI is InChI=1S/C13H15NO3/c1-9(10-5-3-2-4-6-10)7-11-8-12(13(15)16)17-14-11/h2-6,9,12H,7-8H2,1H3,(H,15,16). The quantitative estimate of drug-likeness (QED) is 0.868. The summed E-state index contributed by atoms with van der Waals surface area (Å²) in [6, 6.07) is 10.1. The van der Waals surface area contributed by atoms with E-state index >= 15 is 0 Å². The summed E-state index contributed by atoms with van der Waals surface area (Å²) in [6.45, 7) is 2.10. The zero-order chi connectivity index (χ0) is 12.3. The number of hydrogen-bond acceptors (Lipinski definition) is 3. The van der Waals surface area contributed by atoms with E-state index in [-0.39, 0.29) is 0 Å². The maximum absolute atomic E-state index is 10.7. The van der Waals surface area contributed by atoms with Gasteiger partial charge in [0.25, 0.3) is 0 Å². The smallest absolute Gasteiger partial charge is 0.348 e. The second-order valence-corrected chi connectivity index (χ2v) is 4.31. The Labute approximate surface area is 99.9 Å². The fourth-order valence-electron chi connectivity index (χ4n) is 1.93. The predicted octanol–water partition coefficient (Wildman–Crippen LogP) is 2.41. The highest BCUT2D eigenvalue weighted by molar-refractivity contribution is 5.91. The molecule has 2 atom stereocenters. The van der Waals surface area contributed by atoms with E-state index in [4.69, 9.17) is 9.94 Å². The zero-order valence-electron chi connectivity index (χ0n) is 9.67. The van der Waals surface area contributed by atoms with E-state index in [0.29, 0.717) is 12.3 Å². The molecule has 0 saturated carbocycles. The molecule has 2 rings (SSSR count). The zero-order valence-corrected chi connectivity index (χ0v) is 9.67. The van der Waals surface area contributed by atoms with Crippen LogP contribution in [0.25, 0.3) is 0 Å². The van der Waals surface area contributed by atoms with E-state index in [2.05, 4.69) is 24.2 Å². The molecule has 0 saturated heterocycles. The lowest BCUT2D eigenvalue weighted by Crippen LogP contribution is -2.20. The van der Waals surface area contributed by atoms with Crippen molar-refractivity contribution in [2.45, 2.75) is 31.8 Å². The normalized spacial score (nSPS) is 20.5. The van der Waals surface area contributed by atoms with E-state index in [9.17, 15) is 4.79 Å². The summed E-state index contributed by atoms with van der Waals surface area (Å²) in [5, 5.41) is 12.6. The molecule has 2 unspecified atom stereocenters. The minimum Gasteiger partial charge on any atom is -0.478 e. The lowest BCUT2D eigenvalue weighted by atomic mass is 9.94. The van der Waals surface area contributed by atoms with Gasteiger partial charge in [0.15, 0.2) is 0 Å². The summed E-state index contributed by atoms with van der Waals surface area (Å²) >= 11 is 0. The highest BCUT2D eigenvalue weighted by atomic mass is 16.7. The molecule has 1 aliphatic heterocycles. The SMILES string of the molecule is CC(CC1=NOC(C(=O)O)C1)c1ccccc1. The first-order valence-corrected chi connectivity index (χ1v) is 5.66. The summed E-state index contributed by atoms with van der Waals surface area (Å²) in [5.41, 5.74) is 2.06. The van der Waals surface area contributed by atoms with Gasteiger partial charge < -0.3 is 9.94 Å². The molecule has 4 heteroatoms. The highest BCUT2D eigenvalue weighted by Crippen LogP contribution is 2.23. The molecule has 0 fully saturated rings. The van der Waals surface area contributed by atoms with Crippen LogP contribution in [0.5, 0.6) is 0 Å². The van der Waals surface area contributed by atoms with Crippen LogP contribution in [0.3, 0.4) is 0 Å². The number of nitrogens with zero attached hydrogens (tertiary/aromatic N) is 1. The second kappa shape index (κ2) is 4.99. The Morgan fingerprint density at radius 2 is 2.24 bits per heavy atom. The third kappa shape index (κ3) is 2.84. The number of carboxylic acid groups (broad SMARTS) is 1. The average Bonchev–Trinajstić information content (AvgIpc) is 2.79. The molecule has 1 heterocycles. The van der Waals surface area contributed by atoms with Gasteiger partial charge in [-0.15, -0.1) is 0 Å². The summed E-state index contributed by atoms with van der Waals surface area (Å²) in [5.74, 6) is -0.623. The van der Waals surface area contributed by atoms with Crippen molar-refractivity contribution in [3.63, 3.8) is 0 Å². The topological polar surface area (TPSA) is 58.9 Å². The van der Waals surface area contributed by atoms with E-state index in [1.54, 1.807) is 0 Å². The van der Waals surface area contributed by atoms with Crippen molar-refractivity contribution >= 4 is 11.7 Å². The molecule has 17 heavy (non-hydrogen) atoms. The first kappa shape index (κ1) is 11.6. The number of rotatable bonds is 4. The predicted molar refractivity (Wildman–Crippen MR) is 64.0 cm³/mol. The molecule has 0 aromatic heterocycles. The molecule has 0 spiro atoms.